The third-order valence-corrected chi connectivity index (χ3v) is 3.43. The minimum absolute atomic E-state index is 0.0379. The predicted molar refractivity (Wildman–Crippen MR) is 91.0 cm³/mol. The maximum absolute atomic E-state index is 13.2. The summed E-state index contributed by atoms with van der Waals surface area (Å²) in [7, 11) is 0. The average Bonchev–Trinajstić information content (AvgIpc) is 2.87. The molecule has 6 nitrogen and oxygen atoms in total. The van der Waals surface area contributed by atoms with E-state index in [0.29, 0.717) is 22.2 Å². The number of carbonyl (C=O) groups is 1. The number of hydrogen-bond donors (Lipinski definition) is 2. The summed E-state index contributed by atoms with van der Waals surface area (Å²) in [5.41, 5.74) is 0.794. The van der Waals surface area contributed by atoms with E-state index in [2.05, 4.69) is 15.2 Å². The summed E-state index contributed by atoms with van der Waals surface area (Å²) in [6, 6.07) is 10.4. The highest BCUT2D eigenvalue weighted by Gasteiger charge is 2.12. The predicted octanol–water partition coefficient (Wildman–Crippen LogP) is 4.72. The number of benzene rings is 2. The SMILES string of the molecule is CC(C)Oc1ccc(C(=O)N=Nc2c(O)[nH]c3cc(F)ccc23)cc1. The van der Waals surface area contributed by atoms with Gasteiger partial charge in [-0.15, -0.1) is 10.2 Å². The number of aromatic amines is 1. The van der Waals surface area contributed by atoms with Crippen LogP contribution in [0, 0.1) is 5.82 Å². The largest absolute Gasteiger partial charge is 0.493 e. The van der Waals surface area contributed by atoms with Crippen LogP contribution in [0.15, 0.2) is 52.7 Å². The topological polar surface area (TPSA) is 87.0 Å². The Labute approximate surface area is 143 Å². The van der Waals surface area contributed by atoms with Gasteiger partial charge in [0.15, 0.2) is 5.69 Å². The molecule has 0 radical (unpaired) electrons. The standard InChI is InChI=1S/C18H16FN3O3/c1-10(2)25-13-6-3-11(4-7-13)17(23)22-21-16-14-8-5-12(19)9-15(14)20-18(16)24/h3-10,20,24H,1-2H3. The molecule has 7 heteroatoms. The monoisotopic (exact) mass is 341 g/mol. The highest BCUT2D eigenvalue weighted by molar-refractivity contribution is 5.97. The van der Waals surface area contributed by atoms with Crippen molar-refractivity contribution < 1.29 is 19.0 Å². The molecule has 0 aliphatic rings. The molecule has 0 atom stereocenters. The Morgan fingerprint density at radius 1 is 1.20 bits per heavy atom. The smallest absolute Gasteiger partial charge is 0.295 e. The number of ether oxygens (including phenoxy) is 1. The van der Waals surface area contributed by atoms with Gasteiger partial charge in [0.05, 0.1) is 11.6 Å². The number of rotatable bonds is 4. The van der Waals surface area contributed by atoms with Gasteiger partial charge in [0.2, 0.25) is 5.88 Å². The number of aromatic hydroxyl groups is 1. The molecular formula is C18H16FN3O3. The average molecular weight is 341 g/mol. The van der Waals surface area contributed by atoms with Crippen LogP contribution < -0.4 is 4.74 Å². The van der Waals surface area contributed by atoms with E-state index in [1.165, 1.54) is 18.2 Å². The first-order valence-corrected chi connectivity index (χ1v) is 7.67. The third kappa shape index (κ3) is 3.65. The van der Waals surface area contributed by atoms with Crippen LogP contribution in [-0.4, -0.2) is 22.1 Å². The summed E-state index contributed by atoms with van der Waals surface area (Å²) in [6.45, 7) is 3.82. The Hall–Kier alpha value is -3.22. The van der Waals surface area contributed by atoms with Gasteiger partial charge in [-0.3, -0.25) is 4.79 Å². The van der Waals surface area contributed by atoms with E-state index in [1.54, 1.807) is 24.3 Å². The highest BCUT2D eigenvalue weighted by Crippen LogP contribution is 2.35. The van der Waals surface area contributed by atoms with Gasteiger partial charge in [-0.05, 0) is 56.3 Å². The van der Waals surface area contributed by atoms with Crippen LogP contribution in [0.5, 0.6) is 11.6 Å². The molecule has 1 heterocycles. The number of halogens is 1. The highest BCUT2D eigenvalue weighted by atomic mass is 19.1. The van der Waals surface area contributed by atoms with Gasteiger partial charge < -0.3 is 14.8 Å². The number of amides is 1. The van der Waals surface area contributed by atoms with Crippen molar-refractivity contribution in [2.24, 2.45) is 10.2 Å². The second-order valence-corrected chi connectivity index (χ2v) is 5.71. The zero-order chi connectivity index (χ0) is 18.0. The maximum atomic E-state index is 13.2. The van der Waals surface area contributed by atoms with E-state index in [-0.39, 0.29) is 17.7 Å². The molecule has 0 saturated heterocycles. The van der Waals surface area contributed by atoms with Crippen LogP contribution in [0.25, 0.3) is 10.9 Å². The summed E-state index contributed by atoms with van der Waals surface area (Å²) in [5.74, 6) is -0.637. The minimum Gasteiger partial charge on any atom is -0.493 e. The second kappa shape index (κ2) is 6.72. The summed E-state index contributed by atoms with van der Waals surface area (Å²) >= 11 is 0. The van der Waals surface area contributed by atoms with Gasteiger partial charge in [-0.1, -0.05) is 0 Å². The first kappa shape index (κ1) is 16.6. The van der Waals surface area contributed by atoms with Crippen molar-refractivity contribution >= 4 is 22.5 Å². The van der Waals surface area contributed by atoms with Crippen LogP contribution in [0.1, 0.15) is 24.2 Å². The van der Waals surface area contributed by atoms with Crippen molar-refractivity contribution in [3.63, 3.8) is 0 Å². The number of fused-ring (bicyclic) bond motifs is 1. The Morgan fingerprint density at radius 2 is 1.92 bits per heavy atom. The van der Waals surface area contributed by atoms with Gasteiger partial charge in [-0.25, -0.2) is 4.39 Å². The zero-order valence-electron chi connectivity index (χ0n) is 13.7. The van der Waals surface area contributed by atoms with Crippen LogP contribution in [0.2, 0.25) is 0 Å². The van der Waals surface area contributed by atoms with Crippen molar-refractivity contribution in [2.45, 2.75) is 20.0 Å². The van der Waals surface area contributed by atoms with Gasteiger partial charge >= 0.3 is 0 Å². The fourth-order valence-corrected chi connectivity index (χ4v) is 2.34. The quantitative estimate of drug-likeness (QED) is 0.673. The molecule has 2 aromatic carbocycles. The number of nitrogens with one attached hydrogen (secondary N) is 1. The van der Waals surface area contributed by atoms with Crippen molar-refractivity contribution in [3.8, 4) is 11.6 Å². The lowest BCUT2D eigenvalue weighted by molar-refractivity contribution is 0.0995. The molecule has 25 heavy (non-hydrogen) atoms. The van der Waals surface area contributed by atoms with E-state index in [1.807, 2.05) is 13.8 Å². The third-order valence-electron chi connectivity index (χ3n) is 3.43. The molecule has 3 rings (SSSR count). The van der Waals surface area contributed by atoms with Crippen LogP contribution in [0.3, 0.4) is 0 Å². The van der Waals surface area contributed by atoms with Crippen LogP contribution in [0.4, 0.5) is 10.1 Å². The number of nitrogens with zero attached hydrogens (tertiary/aromatic N) is 2. The van der Waals surface area contributed by atoms with Crippen molar-refractivity contribution in [1.29, 1.82) is 0 Å². The van der Waals surface area contributed by atoms with Crippen molar-refractivity contribution in [3.05, 3.63) is 53.8 Å². The number of carbonyl (C=O) groups excluding carboxylic acids is 1. The molecule has 0 spiro atoms. The first-order chi connectivity index (χ1) is 11.9. The van der Waals surface area contributed by atoms with E-state index in [0.717, 1.165) is 0 Å². The van der Waals surface area contributed by atoms with E-state index in [4.69, 9.17) is 4.74 Å². The van der Waals surface area contributed by atoms with Gasteiger partial charge in [-0.2, -0.15) is 0 Å². The Morgan fingerprint density at radius 3 is 2.60 bits per heavy atom. The molecule has 128 valence electrons. The minimum atomic E-state index is -0.563. The van der Waals surface area contributed by atoms with Gasteiger partial charge in [0.1, 0.15) is 11.6 Å². The summed E-state index contributed by atoms with van der Waals surface area (Å²) < 4.78 is 18.7. The lowest BCUT2D eigenvalue weighted by Gasteiger charge is -2.09. The number of hydrogen-bond acceptors (Lipinski definition) is 4. The molecule has 0 bridgehead atoms. The molecule has 0 unspecified atom stereocenters. The Balaban J connectivity index is 1.82. The summed E-state index contributed by atoms with van der Waals surface area (Å²) in [4.78, 5) is 14.7. The van der Waals surface area contributed by atoms with Crippen LogP contribution in [-0.2, 0) is 0 Å². The second-order valence-electron chi connectivity index (χ2n) is 5.71. The van der Waals surface area contributed by atoms with Crippen molar-refractivity contribution in [2.75, 3.05) is 0 Å². The van der Waals surface area contributed by atoms with Crippen molar-refractivity contribution in [1.82, 2.24) is 4.98 Å². The van der Waals surface area contributed by atoms with E-state index in [9.17, 15) is 14.3 Å². The summed E-state index contributed by atoms with van der Waals surface area (Å²) in [6.07, 6.45) is 0.0379. The lowest BCUT2D eigenvalue weighted by atomic mass is 10.2. The zero-order valence-corrected chi connectivity index (χ0v) is 13.7. The number of aromatic nitrogens is 1. The molecule has 1 aromatic heterocycles. The Kier molecular flexibility index (Phi) is 4.47. The normalized spacial score (nSPS) is 11.5. The maximum Gasteiger partial charge on any atom is 0.295 e. The fourth-order valence-electron chi connectivity index (χ4n) is 2.34. The molecule has 0 fully saturated rings. The van der Waals surface area contributed by atoms with E-state index < -0.39 is 11.7 Å². The van der Waals surface area contributed by atoms with Crippen LogP contribution >= 0.6 is 0 Å². The lowest BCUT2D eigenvalue weighted by Crippen LogP contribution is -2.05. The van der Waals surface area contributed by atoms with Gasteiger partial charge in [0, 0.05) is 10.9 Å². The summed E-state index contributed by atoms with van der Waals surface area (Å²) in [5, 5.41) is 17.8. The molecule has 1 amide bonds. The molecular weight excluding hydrogens is 325 g/mol. The Bertz CT molecular complexity index is 946. The molecule has 0 aliphatic heterocycles. The number of H-pyrrole nitrogens is 1. The molecule has 3 aromatic rings. The molecule has 0 aliphatic carbocycles. The fraction of sp³-hybridized carbons (Fsp3) is 0.167. The molecule has 2 N–H and O–H groups in total. The first-order valence-electron chi connectivity index (χ1n) is 7.67. The van der Waals surface area contributed by atoms with Gasteiger partial charge in [0.25, 0.3) is 5.91 Å². The number of azo groups is 1. The van der Waals surface area contributed by atoms with E-state index >= 15 is 0 Å². The molecule has 0 saturated carbocycles.